The Labute approximate surface area is 317 Å². The maximum absolute atomic E-state index is 13.5. The van der Waals surface area contributed by atoms with Gasteiger partial charge in [0.15, 0.2) is 0 Å². The molecule has 1 saturated carbocycles. The summed E-state index contributed by atoms with van der Waals surface area (Å²) < 4.78 is 0. The molecule has 0 bridgehead atoms. The van der Waals surface area contributed by atoms with E-state index in [1.165, 1.54) is 0 Å². The number of carboxylic acids is 3. The smallest absolute Gasteiger partial charge is 0.326 e. The van der Waals surface area contributed by atoms with Gasteiger partial charge < -0.3 is 36.6 Å². The summed E-state index contributed by atoms with van der Waals surface area (Å²) in [7, 11) is 0. The van der Waals surface area contributed by atoms with Crippen LogP contribution in [0.2, 0.25) is 0 Å². The molecule has 1 aliphatic rings. The standard InChI is InChI=1S/C39H54N4O10.CH4/c1-24(2)21-30(44)17-13-25-10-15-28(16-11-25)35(47)41-33(23-26-12-14-27-7-3-4-8-29(27)22-26)36(48)40-20-6-5-9-31(37(49)50)42-39(53)43-32(38(51)52)18-19-34(45)46;/h3-4,7-8,12,14,22,24-25,28,31-33H,5-6,9-11,13,15-21,23H2,1-2H3,(H,40,48)(H,41,47)(H,45,46)(H,49,50)(H,51,52)(H2,42,43,53);1H4/t25?,28?,31-,32-,33?;/m0./s1. The van der Waals surface area contributed by atoms with E-state index in [1.54, 1.807) is 0 Å². The summed E-state index contributed by atoms with van der Waals surface area (Å²) in [5.74, 6) is -3.79. The first-order chi connectivity index (χ1) is 25.2. The van der Waals surface area contributed by atoms with Crippen LogP contribution < -0.4 is 21.3 Å². The summed E-state index contributed by atoms with van der Waals surface area (Å²) >= 11 is 0. The summed E-state index contributed by atoms with van der Waals surface area (Å²) in [6, 6.07) is 8.98. The van der Waals surface area contributed by atoms with Gasteiger partial charge in [-0.15, -0.1) is 0 Å². The van der Waals surface area contributed by atoms with Crippen LogP contribution in [0, 0.1) is 17.8 Å². The van der Waals surface area contributed by atoms with E-state index in [0.29, 0.717) is 43.9 Å². The van der Waals surface area contributed by atoms with Crippen LogP contribution in [0.15, 0.2) is 42.5 Å². The van der Waals surface area contributed by atoms with Gasteiger partial charge in [-0.1, -0.05) is 63.7 Å². The van der Waals surface area contributed by atoms with Crippen LogP contribution in [-0.4, -0.2) is 81.5 Å². The summed E-state index contributed by atoms with van der Waals surface area (Å²) in [6.45, 7) is 4.25. The van der Waals surface area contributed by atoms with E-state index < -0.39 is 48.5 Å². The van der Waals surface area contributed by atoms with Gasteiger partial charge in [-0.2, -0.15) is 0 Å². The molecular formula is C40H58N4O10. The van der Waals surface area contributed by atoms with Crippen LogP contribution >= 0.6 is 0 Å². The number of nitrogens with one attached hydrogen (secondary N) is 4. The first kappa shape index (κ1) is 45.1. The molecule has 14 nitrogen and oxygen atoms in total. The summed E-state index contributed by atoms with van der Waals surface area (Å²) in [5.41, 5.74) is 0.876. The van der Waals surface area contributed by atoms with Crippen molar-refractivity contribution in [1.29, 1.82) is 0 Å². The van der Waals surface area contributed by atoms with Gasteiger partial charge in [-0.05, 0) is 86.0 Å². The van der Waals surface area contributed by atoms with Gasteiger partial charge in [-0.25, -0.2) is 14.4 Å². The Morgan fingerprint density at radius 2 is 1.37 bits per heavy atom. The van der Waals surface area contributed by atoms with Crippen molar-refractivity contribution < 1.29 is 48.9 Å². The number of benzene rings is 2. The molecule has 1 aliphatic carbocycles. The van der Waals surface area contributed by atoms with Crippen molar-refractivity contribution in [2.24, 2.45) is 17.8 Å². The molecule has 4 amide bonds. The lowest BCUT2D eigenvalue weighted by Crippen LogP contribution is -2.51. The molecule has 54 heavy (non-hydrogen) atoms. The summed E-state index contributed by atoms with van der Waals surface area (Å²) in [5, 5.41) is 39.8. The quantitative estimate of drug-likeness (QED) is 0.0791. The molecule has 1 fully saturated rings. The van der Waals surface area contributed by atoms with E-state index in [1.807, 2.05) is 56.3 Å². The summed E-state index contributed by atoms with van der Waals surface area (Å²) in [4.78, 5) is 85.4. The molecule has 0 aromatic heterocycles. The molecule has 0 spiro atoms. The molecule has 298 valence electrons. The number of Topliss-reactive ketones (excluding diaryl/α,β-unsaturated/α-hetero) is 1. The molecule has 14 heteroatoms. The number of amides is 4. The van der Waals surface area contributed by atoms with Gasteiger partial charge in [0.25, 0.3) is 0 Å². The number of rotatable bonds is 22. The lowest BCUT2D eigenvalue weighted by molar-refractivity contribution is -0.141. The van der Waals surface area contributed by atoms with Crippen molar-refractivity contribution in [3.63, 3.8) is 0 Å². The highest BCUT2D eigenvalue weighted by Crippen LogP contribution is 2.32. The lowest BCUT2D eigenvalue weighted by Gasteiger charge is -2.29. The molecule has 2 aromatic rings. The maximum Gasteiger partial charge on any atom is 0.326 e. The van der Waals surface area contributed by atoms with E-state index in [-0.39, 0.29) is 63.2 Å². The molecule has 0 saturated heterocycles. The van der Waals surface area contributed by atoms with Crippen LogP contribution in [-0.2, 0) is 35.2 Å². The predicted molar refractivity (Wildman–Crippen MR) is 204 cm³/mol. The second kappa shape index (κ2) is 22.9. The highest BCUT2D eigenvalue weighted by atomic mass is 16.4. The molecule has 0 radical (unpaired) electrons. The first-order valence-corrected chi connectivity index (χ1v) is 18.5. The maximum atomic E-state index is 13.5. The van der Waals surface area contributed by atoms with Crippen LogP contribution in [0.25, 0.3) is 10.8 Å². The monoisotopic (exact) mass is 754 g/mol. The number of aliphatic carboxylic acids is 3. The third-order valence-electron chi connectivity index (χ3n) is 9.64. The van der Waals surface area contributed by atoms with Gasteiger partial charge in [0.05, 0.1) is 0 Å². The van der Waals surface area contributed by atoms with Gasteiger partial charge in [0, 0.05) is 38.1 Å². The van der Waals surface area contributed by atoms with Gasteiger partial charge in [0.1, 0.15) is 23.9 Å². The number of carbonyl (C=O) groups excluding carboxylic acids is 4. The van der Waals surface area contributed by atoms with E-state index in [4.69, 9.17) is 5.11 Å². The highest BCUT2D eigenvalue weighted by Gasteiger charge is 2.30. The number of unbranched alkanes of at least 4 members (excludes halogenated alkanes) is 1. The number of fused-ring (bicyclic) bond motifs is 1. The number of urea groups is 1. The van der Waals surface area contributed by atoms with E-state index in [9.17, 15) is 43.8 Å². The minimum absolute atomic E-state index is 0. The largest absolute Gasteiger partial charge is 0.481 e. The Morgan fingerprint density at radius 3 is 1.98 bits per heavy atom. The van der Waals surface area contributed by atoms with Gasteiger partial charge in [-0.3, -0.25) is 19.2 Å². The molecule has 7 N–H and O–H groups in total. The van der Waals surface area contributed by atoms with Crippen LogP contribution in [0.3, 0.4) is 0 Å². The van der Waals surface area contributed by atoms with E-state index in [0.717, 1.165) is 35.6 Å². The van der Waals surface area contributed by atoms with Crippen LogP contribution in [0.1, 0.15) is 104 Å². The van der Waals surface area contributed by atoms with E-state index in [2.05, 4.69) is 21.3 Å². The number of ketones is 1. The average molecular weight is 755 g/mol. The molecule has 2 aromatic carbocycles. The Kier molecular flexibility index (Phi) is 19.2. The molecular weight excluding hydrogens is 696 g/mol. The SMILES string of the molecule is C.CC(C)CC(=O)CCC1CCC(C(=O)NC(Cc2ccc3ccccc3c2)C(=O)NCCCC[C@H](NC(=O)N[C@@H](CCC(=O)O)C(=O)O)C(=O)O)CC1. The number of carbonyl (C=O) groups is 7. The predicted octanol–water partition coefficient (Wildman–Crippen LogP) is 5.06. The minimum atomic E-state index is -1.51. The first-order valence-electron chi connectivity index (χ1n) is 18.5. The van der Waals surface area contributed by atoms with Crippen LogP contribution in [0.5, 0.6) is 0 Å². The lowest BCUT2D eigenvalue weighted by atomic mass is 9.79. The Bertz CT molecular complexity index is 1590. The molecule has 3 atom stereocenters. The van der Waals surface area contributed by atoms with Crippen LogP contribution in [0.4, 0.5) is 4.79 Å². The van der Waals surface area contributed by atoms with Crippen molar-refractivity contribution >= 4 is 52.3 Å². The minimum Gasteiger partial charge on any atom is -0.481 e. The second-order valence-corrected chi connectivity index (χ2v) is 14.5. The molecule has 3 rings (SSSR count). The molecule has 0 heterocycles. The van der Waals surface area contributed by atoms with Crippen molar-refractivity contribution in [1.82, 2.24) is 21.3 Å². The topological polar surface area (TPSA) is 228 Å². The molecule has 1 unspecified atom stereocenters. The number of hydrogen-bond donors (Lipinski definition) is 7. The zero-order valence-electron chi connectivity index (χ0n) is 30.6. The third kappa shape index (κ3) is 15.9. The Balaban J connectivity index is 0.0000101. The Morgan fingerprint density at radius 1 is 0.741 bits per heavy atom. The van der Waals surface area contributed by atoms with E-state index >= 15 is 0 Å². The second-order valence-electron chi connectivity index (χ2n) is 14.5. The Hall–Kier alpha value is -5.01. The van der Waals surface area contributed by atoms with Gasteiger partial charge in [0.2, 0.25) is 11.8 Å². The summed E-state index contributed by atoms with van der Waals surface area (Å²) in [6.07, 6.45) is 5.10. The van der Waals surface area contributed by atoms with Crippen molar-refractivity contribution in [3.05, 3.63) is 48.0 Å². The highest BCUT2D eigenvalue weighted by molar-refractivity contribution is 5.89. The third-order valence-corrected chi connectivity index (χ3v) is 9.64. The zero-order chi connectivity index (χ0) is 38.9. The van der Waals surface area contributed by atoms with Gasteiger partial charge >= 0.3 is 23.9 Å². The van der Waals surface area contributed by atoms with Crippen molar-refractivity contribution in [2.45, 2.75) is 123 Å². The fourth-order valence-electron chi connectivity index (χ4n) is 6.69. The normalized spacial score (nSPS) is 16.9. The van der Waals surface area contributed by atoms with Crippen molar-refractivity contribution in [3.8, 4) is 0 Å². The fourth-order valence-corrected chi connectivity index (χ4v) is 6.69. The fraction of sp³-hybridized carbons (Fsp3) is 0.575. The van der Waals surface area contributed by atoms with Crippen molar-refractivity contribution in [2.75, 3.05) is 6.54 Å². The number of hydrogen-bond acceptors (Lipinski definition) is 7. The molecule has 0 aliphatic heterocycles. The average Bonchev–Trinajstić information content (AvgIpc) is 3.11. The zero-order valence-corrected chi connectivity index (χ0v) is 30.6. The number of carboxylic acid groups (broad SMARTS) is 3.